The Morgan fingerprint density at radius 3 is 1.26 bits per heavy atom. The summed E-state index contributed by atoms with van der Waals surface area (Å²) in [5, 5.41) is 16.9. The molecule has 0 bridgehead atoms. The second-order valence-corrected chi connectivity index (χ2v) is 10.8. The largest absolute Gasteiger partial charge is 0.494 e. The minimum Gasteiger partial charge on any atom is -0.494 e. The molecule has 5 aromatic rings. The zero-order valence-corrected chi connectivity index (χ0v) is 24.7. The van der Waals surface area contributed by atoms with Gasteiger partial charge in [0.2, 0.25) is 23.6 Å². The molecule has 0 aliphatic heterocycles. The average Bonchev–Trinajstić information content (AvgIpc) is 3.72. The summed E-state index contributed by atoms with van der Waals surface area (Å²) in [4.78, 5) is 0. The summed E-state index contributed by atoms with van der Waals surface area (Å²) in [7, 11) is 0. The maximum atomic E-state index is 5.97. The average molecular weight is 565 g/mol. The predicted octanol–water partition coefficient (Wildman–Crippen LogP) is 9.73. The molecule has 3 aromatic carbocycles. The maximum absolute atomic E-state index is 5.97. The van der Waals surface area contributed by atoms with E-state index in [-0.39, 0.29) is 0 Å². The Balaban J connectivity index is 1.07. The molecule has 0 atom stereocenters. The summed E-state index contributed by atoms with van der Waals surface area (Å²) in [5.74, 6) is 2.72. The Morgan fingerprint density at radius 2 is 0.833 bits per heavy atom. The van der Waals surface area contributed by atoms with Crippen molar-refractivity contribution in [3.8, 4) is 51.6 Å². The highest BCUT2D eigenvalue weighted by molar-refractivity contribution is 5.64. The Bertz CT molecular complexity index is 1490. The molecule has 0 N–H and O–H groups in total. The van der Waals surface area contributed by atoms with E-state index in [1.54, 1.807) is 0 Å². The van der Waals surface area contributed by atoms with Crippen LogP contribution in [0.4, 0.5) is 0 Å². The molecule has 2 heterocycles. The first-order valence-corrected chi connectivity index (χ1v) is 15.3. The number of nitrogens with zero attached hydrogens (tertiary/aromatic N) is 4. The number of unbranched alkanes of at least 4 members (excludes halogenated alkanes) is 9. The summed E-state index contributed by atoms with van der Waals surface area (Å²) < 4.78 is 17.8. The molecule has 7 heteroatoms. The van der Waals surface area contributed by atoms with Crippen LogP contribution in [0.2, 0.25) is 0 Å². The van der Waals surface area contributed by atoms with Gasteiger partial charge in [0.15, 0.2) is 0 Å². The van der Waals surface area contributed by atoms with Crippen molar-refractivity contribution in [1.82, 2.24) is 20.4 Å². The lowest BCUT2D eigenvalue weighted by Gasteiger charge is -2.06. The monoisotopic (exact) mass is 564 g/mol. The minimum absolute atomic E-state index is 0.448. The van der Waals surface area contributed by atoms with E-state index in [0.29, 0.717) is 23.6 Å². The van der Waals surface area contributed by atoms with Gasteiger partial charge >= 0.3 is 0 Å². The summed E-state index contributed by atoms with van der Waals surface area (Å²) in [5.41, 5.74) is 4.55. The fourth-order valence-electron chi connectivity index (χ4n) is 4.84. The van der Waals surface area contributed by atoms with E-state index in [4.69, 9.17) is 13.6 Å². The zero-order valence-electron chi connectivity index (χ0n) is 24.7. The number of ether oxygens (including phenoxy) is 1. The van der Waals surface area contributed by atoms with Crippen molar-refractivity contribution in [2.75, 3.05) is 6.61 Å². The number of aryl methyl sites for hydroxylation is 1. The fraction of sp³-hybridized carbons (Fsp3) is 0.371. The summed E-state index contributed by atoms with van der Waals surface area (Å²) in [6, 6.07) is 23.5. The number of hydrogen-bond acceptors (Lipinski definition) is 7. The van der Waals surface area contributed by atoms with Gasteiger partial charge in [-0.1, -0.05) is 82.4 Å². The van der Waals surface area contributed by atoms with Gasteiger partial charge < -0.3 is 13.6 Å². The molecule has 0 unspecified atom stereocenters. The number of hydrogen-bond donors (Lipinski definition) is 0. The lowest BCUT2D eigenvalue weighted by atomic mass is 10.1. The maximum Gasteiger partial charge on any atom is 0.248 e. The topological polar surface area (TPSA) is 87.1 Å². The second kappa shape index (κ2) is 15.1. The molecule has 7 nitrogen and oxygen atoms in total. The van der Waals surface area contributed by atoms with Crippen molar-refractivity contribution in [2.24, 2.45) is 0 Å². The van der Waals surface area contributed by atoms with Crippen molar-refractivity contribution in [1.29, 1.82) is 0 Å². The van der Waals surface area contributed by atoms with Crippen molar-refractivity contribution >= 4 is 0 Å². The second-order valence-electron chi connectivity index (χ2n) is 10.8. The van der Waals surface area contributed by atoms with Gasteiger partial charge in [0.25, 0.3) is 0 Å². The third-order valence-electron chi connectivity index (χ3n) is 7.40. The molecule has 2 aromatic heterocycles. The fourth-order valence-corrected chi connectivity index (χ4v) is 4.84. The molecular weight excluding hydrogens is 524 g/mol. The van der Waals surface area contributed by atoms with E-state index in [9.17, 15) is 0 Å². The molecule has 0 radical (unpaired) electrons. The first-order chi connectivity index (χ1) is 20.7. The van der Waals surface area contributed by atoms with Crippen molar-refractivity contribution in [3.63, 3.8) is 0 Å². The van der Waals surface area contributed by atoms with Gasteiger partial charge in [-0.2, -0.15) is 0 Å². The van der Waals surface area contributed by atoms with Gasteiger partial charge in [-0.3, -0.25) is 0 Å². The third kappa shape index (κ3) is 8.15. The molecule has 0 saturated heterocycles. The molecule has 218 valence electrons. The van der Waals surface area contributed by atoms with Crippen LogP contribution in [0.3, 0.4) is 0 Å². The van der Waals surface area contributed by atoms with Gasteiger partial charge in [-0.25, -0.2) is 0 Å². The van der Waals surface area contributed by atoms with Crippen LogP contribution in [-0.2, 0) is 0 Å². The van der Waals surface area contributed by atoms with Gasteiger partial charge in [0.05, 0.1) is 6.61 Å². The molecular formula is C35H40N4O3. The molecule has 0 saturated carbocycles. The zero-order chi connectivity index (χ0) is 29.0. The van der Waals surface area contributed by atoms with Gasteiger partial charge in [-0.05, 0) is 74.0 Å². The molecule has 0 spiro atoms. The first-order valence-electron chi connectivity index (χ1n) is 15.3. The van der Waals surface area contributed by atoms with Crippen molar-refractivity contribution < 1.29 is 13.6 Å². The third-order valence-corrected chi connectivity index (χ3v) is 7.40. The smallest absolute Gasteiger partial charge is 0.248 e. The minimum atomic E-state index is 0.448. The van der Waals surface area contributed by atoms with Crippen LogP contribution in [-0.4, -0.2) is 27.0 Å². The standard InChI is InChI=1S/C35H40N4O3/c1-3-4-5-6-7-8-9-10-11-12-25-40-31-23-21-30(22-24-31)35-39-38-34(42-35)29-19-17-28(18-20-29)33-37-36-32(41-33)27-15-13-26(2)14-16-27/h13-24H,3-12,25H2,1-2H3. The molecule has 42 heavy (non-hydrogen) atoms. The first kappa shape index (κ1) is 29.2. The van der Waals surface area contributed by atoms with Crippen LogP contribution >= 0.6 is 0 Å². The normalized spacial score (nSPS) is 11.2. The van der Waals surface area contributed by atoms with Gasteiger partial charge in [0, 0.05) is 22.3 Å². The van der Waals surface area contributed by atoms with Crippen LogP contribution in [0, 0.1) is 6.92 Å². The van der Waals surface area contributed by atoms with Gasteiger partial charge in [0.1, 0.15) is 5.75 Å². The molecule has 0 fully saturated rings. The molecule has 0 amide bonds. The van der Waals surface area contributed by atoms with E-state index in [1.165, 1.54) is 63.4 Å². The number of aromatic nitrogens is 4. The van der Waals surface area contributed by atoms with E-state index in [1.807, 2.05) is 79.7 Å². The number of benzene rings is 3. The Labute approximate surface area is 248 Å². The Hall–Kier alpha value is -4.26. The molecule has 5 rings (SSSR count). The van der Waals surface area contributed by atoms with E-state index in [2.05, 4.69) is 27.3 Å². The molecule has 0 aliphatic rings. The highest BCUT2D eigenvalue weighted by Crippen LogP contribution is 2.29. The van der Waals surface area contributed by atoms with Crippen LogP contribution in [0.5, 0.6) is 5.75 Å². The Morgan fingerprint density at radius 1 is 0.476 bits per heavy atom. The Kier molecular flexibility index (Phi) is 10.5. The van der Waals surface area contributed by atoms with Crippen molar-refractivity contribution in [2.45, 2.75) is 78.1 Å². The van der Waals surface area contributed by atoms with Crippen LogP contribution in [0.15, 0.2) is 81.6 Å². The molecule has 0 aliphatic carbocycles. The predicted molar refractivity (Wildman–Crippen MR) is 166 cm³/mol. The van der Waals surface area contributed by atoms with Crippen LogP contribution in [0.1, 0.15) is 76.7 Å². The van der Waals surface area contributed by atoms with E-state index >= 15 is 0 Å². The van der Waals surface area contributed by atoms with Crippen LogP contribution < -0.4 is 4.74 Å². The highest BCUT2D eigenvalue weighted by atomic mass is 16.5. The van der Waals surface area contributed by atoms with Crippen molar-refractivity contribution in [3.05, 3.63) is 78.4 Å². The van der Waals surface area contributed by atoms with E-state index < -0.39 is 0 Å². The van der Waals surface area contributed by atoms with Gasteiger partial charge in [-0.15, -0.1) is 20.4 Å². The number of rotatable bonds is 16. The SMILES string of the molecule is CCCCCCCCCCCCOc1ccc(-c2nnc(-c3ccc(-c4nnc(-c5ccc(C)cc5)o4)cc3)o2)cc1. The highest BCUT2D eigenvalue weighted by Gasteiger charge is 2.14. The van der Waals surface area contributed by atoms with Crippen LogP contribution in [0.25, 0.3) is 45.8 Å². The van der Waals surface area contributed by atoms with E-state index in [0.717, 1.165) is 41.0 Å². The summed E-state index contributed by atoms with van der Waals surface area (Å²) >= 11 is 0. The summed E-state index contributed by atoms with van der Waals surface area (Å²) in [6.45, 7) is 5.05. The lowest BCUT2D eigenvalue weighted by molar-refractivity contribution is 0.304. The lowest BCUT2D eigenvalue weighted by Crippen LogP contribution is -1.97. The summed E-state index contributed by atoms with van der Waals surface area (Å²) in [6.07, 6.45) is 13.2. The quantitative estimate of drug-likeness (QED) is 0.110.